The summed E-state index contributed by atoms with van der Waals surface area (Å²) in [4.78, 5) is 1.16. The first-order chi connectivity index (χ1) is 9.06. The van der Waals surface area contributed by atoms with E-state index in [0.717, 1.165) is 16.1 Å². The van der Waals surface area contributed by atoms with E-state index < -0.39 is 9.84 Å². The van der Waals surface area contributed by atoms with Crippen LogP contribution in [0.25, 0.3) is 10.6 Å². The fraction of sp³-hybridized carbons (Fsp3) is 0.417. The molecular weight excluding hydrogens is 282 g/mol. The van der Waals surface area contributed by atoms with E-state index in [1.54, 1.807) is 17.5 Å². The highest BCUT2D eigenvalue weighted by molar-refractivity contribution is 7.90. The molecule has 0 saturated heterocycles. The van der Waals surface area contributed by atoms with E-state index in [2.05, 4.69) is 15.5 Å². The van der Waals surface area contributed by atoms with Crippen molar-refractivity contribution >= 4 is 21.2 Å². The molecule has 0 unspecified atom stereocenters. The van der Waals surface area contributed by atoms with E-state index >= 15 is 0 Å². The van der Waals surface area contributed by atoms with Gasteiger partial charge in [-0.15, -0.1) is 11.3 Å². The van der Waals surface area contributed by atoms with Gasteiger partial charge in [-0.1, -0.05) is 6.07 Å². The fourth-order valence-electron chi connectivity index (χ4n) is 1.76. The molecule has 2 N–H and O–H groups in total. The zero-order valence-electron chi connectivity index (χ0n) is 10.7. The molecule has 0 atom stereocenters. The van der Waals surface area contributed by atoms with Crippen molar-refractivity contribution in [1.29, 1.82) is 0 Å². The monoisotopic (exact) mass is 299 g/mol. The Morgan fingerprint density at radius 2 is 2.32 bits per heavy atom. The van der Waals surface area contributed by atoms with Crippen molar-refractivity contribution in [3.05, 3.63) is 29.3 Å². The van der Waals surface area contributed by atoms with Crippen LogP contribution in [0.2, 0.25) is 0 Å². The number of nitrogens with one attached hydrogen (secondary N) is 2. The highest BCUT2D eigenvalue weighted by Gasteiger charge is 2.08. The zero-order chi connectivity index (χ0) is 13.7. The molecule has 0 spiro atoms. The molecule has 5 nitrogen and oxygen atoms in total. The van der Waals surface area contributed by atoms with Gasteiger partial charge in [0.1, 0.15) is 9.84 Å². The van der Waals surface area contributed by atoms with E-state index in [4.69, 9.17) is 0 Å². The van der Waals surface area contributed by atoms with Crippen LogP contribution in [0, 0.1) is 0 Å². The maximum atomic E-state index is 11.0. The van der Waals surface area contributed by atoms with E-state index in [1.165, 1.54) is 6.26 Å². The minimum Gasteiger partial charge on any atom is -0.313 e. The third kappa shape index (κ3) is 4.45. The number of aromatic nitrogens is 2. The van der Waals surface area contributed by atoms with Crippen LogP contribution in [-0.4, -0.2) is 37.2 Å². The molecular formula is C12H17N3O2S2. The first kappa shape index (κ1) is 14.2. The van der Waals surface area contributed by atoms with Crippen LogP contribution in [0.4, 0.5) is 0 Å². The Morgan fingerprint density at radius 3 is 3.00 bits per heavy atom. The number of hydrogen-bond donors (Lipinski definition) is 2. The number of H-pyrrole nitrogens is 1. The topological polar surface area (TPSA) is 74.8 Å². The highest BCUT2D eigenvalue weighted by atomic mass is 32.2. The summed E-state index contributed by atoms with van der Waals surface area (Å²) in [7, 11) is -2.86. The largest absolute Gasteiger partial charge is 0.313 e. The molecule has 2 rings (SSSR count). The van der Waals surface area contributed by atoms with E-state index in [-0.39, 0.29) is 5.75 Å². The second-order valence-electron chi connectivity index (χ2n) is 4.41. The molecule has 0 saturated carbocycles. The van der Waals surface area contributed by atoms with Gasteiger partial charge in [-0.05, 0) is 24.4 Å². The summed E-state index contributed by atoms with van der Waals surface area (Å²) in [6.07, 6.45) is 3.70. The van der Waals surface area contributed by atoms with Crippen molar-refractivity contribution in [2.45, 2.75) is 13.0 Å². The van der Waals surface area contributed by atoms with Gasteiger partial charge in [-0.2, -0.15) is 5.10 Å². The highest BCUT2D eigenvalue weighted by Crippen LogP contribution is 2.25. The Kier molecular flexibility index (Phi) is 4.73. The van der Waals surface area contributed by atoms with Gasteiger partial charge in [0.2, 0.25) is 0 Å². The first-order valence-electron chi connectivity index (χ1n) is 6.01. The molecule has 0 radical (unpaired) electrons. The van der Waals surface area contributed by atoms with Crippen molar-refractivity contribution in [1.82, 2.24) is 15.5 Å². The molecule has 2 aromatic heterocycles. The van der Waals surface area contributed by atoms with Crippen molar-refractivity contribution in [2.75, 3.05) is 18.6 Å². The second kappa shape index (κ2) is 6.31. The number of hydrogen-bond acceptors (Lipinski definition) is 5. The molecule has 2 aromatic rings. The Morgan fingerprint density at radius 1 is 1.47 bits per heavy atom. The van der Waals surface area contributed by atoms with Crippen molar-refractivity contribution in [3.8, 4) is 10.6 Å². The summed E-state index contributed by atoms with van der Waals surface area (Å²) in [6.45, 7) is 1.37. The van der Waals surface area contributed by atoms with Crippen LogP contribution in [-0.2, 0) is 16.4 Å². The molecule has 7 heteroatoms. The number of thiophene rings is 1. The van der Waals surface area contributed by atoms with Gasteiger partial charge in [0.15, 0.2) is 0 Å². The summed E-state index contributed by atoms with van der Waals surface area (Å²) < 4.78 is 22.0. The Bertz CT molecular complexity index is 603. The minimum atomic E-state index is -2.86. The van der Waals surface area contributed by atoms with Gasteiger partial charge in [0.25, 0.3) is 0 Å². The van der Waals surface area contributed by atoms with E-state index in [9.17, 15) is 8.42 Å². The number of rotatable bonds is 7. The lowest BCUT2D eigenvalue weighted by atomic mass is 10.2. The van der Waals surface area contributed by atoms with Gasteiger partial charge in [0, 0.05) is 18.4 Å². The van der Waals surface area contributed by atoms with Crippen molar-refractivity contribution in [2.24, 2.45) is 0 Å². The van der Waals surface area contributed by atoms with E-state index in [1.807, 2.05) is 17.5 Å². The Labute approximate surface area is 117 Å². The van der Waals surface area contributed by atoms with Gasteiger partial charge in [-0.3, -0.25) is 5.10 Å². The van der Waals surface area contributed by atoms with Gasteiger partial charge >= 0.3 is 0 Å². The first-order valence-corrected chi connectivity index (χ1v) is 8.95. The van der Waals surface area contributed by atoms with Crippen LogP contribution in [0.5, 0.6) is 0 Å². The van der Waals surface area contributed by atoms with Crippen LogP contribution in [0.15, 0.2) is 23.7 Å². The molecule has 0 aliphatic carbocycles. The second-order valence-corrected chi connectivity index (χ2v) is 7.62. The maximum absolute atomic E-state index is 11.0. The number of aromatic amines is 1. The average molecular weight is 299 g/mol. The lowest BCUT2D eigenvalue weighted by Gasteiger charge is -2.04. The normalized spacial score (nSPS) is 11.8. The molecule has 2 heterocycles. The van der Waals surface area contributed by atoms with Crippen molar-refractivity contribution < 1.29 is 8.42 Å². The summed E-state index contributed by atoms with van der Waals surface area (Å²) in [5.74, 6) is 0.225. The fourth-order valence-corrected chi connectivity index (χ4v) is 3.19. The lowest BCUT2D eigenvalue weighted by molar-refractivity contribution is 0.594. The van der Waals surface area contributed by atoms with Gasteiger partial charge in [-0.25, -0.2) is 8.42 Å². The Balaban J connectivity index is 1.83. The van der Waals surface area contributed by atoms with Crippen LogP contribution >= 0.6 is 11.3 Å². The summed E-state index contributed by atoms with van der Waals surface area (Å²) in [6, 6.07) is 4.05. The third-order valence-corrected chi connectivity index (χ3v) is 4.59. The van der Waals surface area contributed by atoms with Crippen LogP contribution in [0.3, 0.4) is 0 Å². The zero-order valence-corrected chi connectivity index (χ0v) is 12.4. The van der Waals surface area contributed by atoms with Gasteiger partial charge < -0.3 is 5.32 Å². The minimum absolute atomic E-state index is 0.225. The molecule has 0 aromatic carbocycles. The summed E-state index contributed by atoms with van der Waals surface area (Å²) >= 11 is 1.66. The smallest absolute Gasteiger partial charge is 0.147 e. The predicted octanol–water partition coefficient (Wildman–Crippen LogP) is 1.66. The quantitative estimate of drug-likeness (QED) is 0.763. The number of nitrogens with zero attached hydrogens (tertiary/aromatic N) is 1. The number of sulfone groups is 1. The Hall–Kier alpha value is -1.18. The van der Waals surface area contributed by atoms with E-state index in [0.29, 0.717) is 19.5 Å². The predicted molar refractivity (Wildman–Crippen MR) is 77.9 cm³/mol. The molecule has 0 fully saturated rings. The maximum Gasteiger partial charge on any atom is 0.147 e. The van der Waals surface area contributed by atoms with Gasteiger partial charge in [0.05, 0.1) is 22.5 Å². The molecule has 0 amide bonds. The lowest BCUT2D eigenvalue weighted by Crippen LogP contribution is -2.17. The molecule has 0 aliphatic rings. The van der Waals surface area contributed by atoms with Crippen molar-refractivity contribution in [3.63, 3.8) is 0 Å². The molecule has 0 bridgehead atoms. The molecule has 0 aliphatic heterocycles. The molecule has 104 valence electrons. The summed E-state index contributed by atoms with van der Waals surface area (Å²) in [5.41, 5.74) is 2.13. The summed E-state index contributed by atoms with van der Waals surface area (Å²) in [5, 5.41) is 12.3. The SMILES string of the molecule is CS(=O)(=O)CCCNCc1cn[nH]c1-c1cccs1. The standard InChI is InChI=1S/C12H17N3O2S2/c1-19(16,17)7-3-5-13-8-10-9-14-15-12(10)11-4-2-6-18-11/h2,4,6,9,13H,3,5,7-8H2,1H3,(H,14,15). The van der Waals surface area contributed by atoms with Crippen LogP contribution < -0.4 is 5.32 Å². The van der Waals surface area contributed by atoms with Crippen LogP contribution in [0.1, 0.15) is 12.0 Å². The molecule has 19 heavy (non-hydrogen) atoms. The third-order valence-electron chi connectivity index (χ3n) is 2.67. The average Bonchev–Trinajstić information content (AvgIpc) is 2.96.